The molecule has 4 bridgehead atoms. The van der Waals surface area contributed by atoms with Gasteiger partial charge in [-0.05, 0) is 114 Å². The van der Waals surface area contributed by atoms with Crippen LogP contribution < -0.4 is 26.6 Å². The normalized spacial score (nSPS) is 24.2. The van der Waals surface area contributed by atoms with Crippen LogP contribution in [0.5, 0.6) is 0 Å². The largest absolute Gasteiger partial charge is 0.462 e. The molecule has 86 heavy (non-hydrogen) atoms. The maximum absolute atomic E-state index is 14.5. The van der Waals surface area contributed by atoms with Crippen LogP contribution in [0, 0.1) is 24.7 Å². The number of aryl methyl sites for hydroxylation is 1. The van der Waals surface area contributed by atoms with Crippen LogP contribution in [0.15, 0.2) is 78.5 Å². The number of Topliss-reactive ketones (excluding diaryl/α,β-unsaturated/α-hetero) is 2. The van der Waals surface area contributed by atoms with Crippen molar-refractivity contribution in [3.05, 3.63) is 100 Å². The van der Waals surface area contributed by atoms with Gasteiger partial charge in [0.1, 0.15) is 40.9 Å². The Hall–Kier alpha value is -6.52. The van der Waals surface area contributed by atoms with Gasteiger partial charge in [-0.1, -0.05) is 96.9 Å². The van der Waals surface area contributed by atoms with Crippen molar-refractivity contribution in [1.29, 1.82) is 0 Å². The molecule has 0 radical (unpaired) electrons. The summed E-state index contributed by atoms with van der Waals surface area (Å²) in [5.74, 6) is -4.13. The number of nitrogens with zero attached hydrogens (tertiary/aromatic N) is 2. The van der Waals surface area contributed by atoms with E-state index in [2.05, 4.69) is 43.4 Å². The number of aliphatic hydroxyl groups is 1. The predicted molar refractivity (Wildman–Crippen MR) is 331 cm³/mol. The monoisotopic (exact) mass is 1270 g/mol. The number of amides is 5. The molecule has 0 aliphatic carbocycles. The summed E-state index contributed by atoms with van der Waals surface area (Å²) in [6.07, 6.45) is 4.06. The second-order valence-electron chi connectivity index (χ2n) is 24.2. The first kappa shape index (κ1) is 68.6. The van der Waals surface area contributed by atoms with Crippen molar-refractivity contribution in [2.45, 2.75) is 180 Å². The number of pyridine rings is 1. The lowest BCUT2D eigenvalue weighted by Crippen LogP contribution is -2.53. The maximum atomic E-state index is 14.5. The summed E-state index contributed by atoms with van der Waals surface area (Å²) >= 11 is 10.1. The number of methoxy groups -OCH3 is 1. The van der Waals surface area contributed by atoms with E-state index in [4.69, 9.17) is 41.0 Å². The fourth-order valence-corrected chi connectivity index (χ4v) is 11.8. The number of anilines is 2. The van der Waals surface area contributed by atoms with Crippen LogP contribution in [0.1, 0.15) is 129 Å². The molecular formula is C64H84BrClN6O14. The van der Waals surface area contributed by atoms with Crippen LogP contribution in [-0.2, 0) is 65.3 Å². The number of urea groups is 1. The molecule has 9 atom stereocenters. The second kappa shape index (κ2) is 29.9. The minimum absolute atomic E-state index is 0.00503. The lowest BCUT2D eigenvalue weighted by molar-refractivity contribution is -0.187. The van der Waals surface area contributed by atoms with Gasteiger partial charge in [0.2, 0.25) is 11.8 Å². The Morgan fingerprint density at radius 2 is 1.81 bits per heavy atom. The summed E-state index contributed by atoms with van der Waals surface area (Å²) in [6, 6.07) is 8.63. The number of hydrogen-bond acceptors (Lipinski definition) is 15. The fraction of sp³-hybridized carbons (Fsp3) is 0.547. The molecule has 2 aromatic carbocycles. The molecule has 1 aromatic heterocycles. The van der Waals surface area contributed by atoms with Gasteiger partial charge in [0.05, 0.1) is 46.9 Å². The highest BCUT2D eigenvalue weighted by atomic mass is 79.9. The number of ketones is 2. The van der Waals surface area contributed by atoms with Crippen LogP contribution in [-0.4, -0.2) is 131 Å². The molecule has 3 aliphatic heterocycles. The van der Waals surface area contributed by atoms with Crippen molar-refractivity contribution >= 4 is 97.3 Å². The summed E-state index contributed by atoms with van der Waals surface area (Å²) < 4.78 is 29.8. The maximum Gasteiger partial charge on any atom is 0.412 e. The molecule has 2 saturated heterocycles. The van der Waals surface area contributed by atoms with Crippen molar-refractivity contribution < 1.29 is 67.1 Å². The smallest absolute Gasteiger partial charge is 0.412 e. The van der Waals surface area contributed by atoms with Gasteiger partial charge in [-0.25, -0.2) is 14.4 Å². The van der Waals surface area contributed by atoms with Crippen molar-refractivity contribution in [3.63, 3.8) is 0 Å². The molecule has 6 N–H and O–H groups in total. The molecular weight excluding hydrogens is 1190 g/mol. The number of hydrogen-bond donors (Lipinski definition) is 5. The number of epoxide rings is 1. The van der Waals surface area contributed by atoms with Gasteiger partial charge < -0.3 is 50.1 Å². The Morgan fingerprint density at radius 3 is 2.50 bits per heavy atom. The number of esters is 2. The van der Waals surface area contributed by atoms with Crippen molar-refractivity contribution in [1.82, 2.24) is 15.6 Å². The Bertz CT molecular complexity index is 3110. The van der Waals surface area contributed by atoms with E-state index in [9.17, 15) is 43.5 Å². The van der Waals surface area contributed by atoms with Crippen molar-refractivity contribution in [3.8, 4) is 0 Å². The Kier molecular flexibility index (Phi) is 23.9. The number of aromatic nitrogens is 1. The third-order valence-corrected chi connectivity index (χ3v) is 17.6. The molecule has 0 spiro atoms. The molecule has 4 heterocycles. The Labute approximate surface area is 517 Å². The number of ether oxygens (including phenoxy) is 5. The summed E-state index contributed by atoms with van der Waals surface area (Å²) in [5.41, 5.74) is 5.94. The van der Waals surface area contributed by atoms with E-state index in [0.29, 0.717) is 63.8 Å². The minimum atomic E-state index is -1.64. The average Bonchev–Trinajstić information content (AvgIpc) is 1.87. The molecule has 5 amide bonds. The molecule has 468 valence electrons. The number of rotatable bonds is 23. The summed E-state index contributed by atoms with van der Waals surface area (Å²) in [6.45, 7) is 18.4. The Balaban J connectivity index is 1.21. The number of allylic oxidation sites excluding steroid dienone is 3. The minimum Gasteiger partial charge on any atom is -0.462 e. The highest BCUT2D eigenvalue weighted by molar-refractivity contribution is 9.09. The van der Waals surface area contributed by atoms with Crippen LogP contribution in [0.25, 0.3) is 10.9 Å². The van der Waals surface area contributed by atoms with E-state index in [1.165, 1.54) is 18.2 Å². The quantitative estimate of drug-likeness (QED) is 0.0148. The van der Waals surface area contributed by atoms with Gasteiger partial charge in [0.25, 0.3) is 0 Å². The van der Waals surface area contributed by atoms with E-state index in [-0.39, 0.29) is 81.1 Å². The molecule has 2 fully saturated rings. The van der Waals surface area contributed by atoms with Gasteiger partial charge in [0.15, 0.2) is 5.78 Å². The predicted octanol–water partition coefficient (Wildman–Crippen LogP) is 9.58. The van der Waals surface area contributed by atoms with E-state index in [1.54, 1.807) is 71.2 Å². The van der Waals surface area contributed by atoms with E-state index in [1.807, 2.05) is 45.9 Å². The van der Waals surface area contributed by atoms with Gasteiger partial charge in [0, 0.05) is 80.7 Å². The summed E-state index contributed by atoms with van der Waals surface area (Å²) in [7, 11) is 3.05. The molecule has 6 rings (SSSR count). The Morgan fingerprint density at radius 1 is 1.08 bits per heavy atom. The topological polar surface area (TPSA) is 284 Å². The van der Waals surface area contributed by atoms with Gasteiger partial charge in [-0.3, -0.25) is 34.3 Å². The first-order valence-electron chi connectivity index (χ1n) is 29.2. The van der Waals surface area contributed by atoms with Crippen LogP contribution in [0.2, 0.25) is 5.02 Å². The average molecular weight is 1280 g/mol. The van der Waals surface area contributed by atoms with Gasteiger partial charge in [-0.15, -0.1) is 0 Å². The number of carbonyl (C=O) groups is 8. The number of halogens is 2. The van der Waals surface area contributed by atoms with Crippen molar-refractivity contribution in [2.24, 2.45) is 23.5 Å². The highest BCUT2D eigenvalue weighted by Crippen LogP contribution is 2.50. The zero-order valence-electron chi connectivity index (χ0n) is 51.0. The van der Waals surface area contributed by atoms with E-state index in [0.717, 1.165) is 16.7 Å². The van der Waals surface area contributed by atoms with Gasteiger partial charge in [-0.2, -0.15) is 0 Å². The van der Waals surface area contributed by atoms with E-state index < -0.39 is 95.0 Å². The first-order chi connectivity index (χ1) is 40.5. The molecule has 0 saturated carbocycles. The number of nitrogens with two attached hydrogens (primary N) is 1. The lowest BCUT2D eigenvalue weighted by atomic mass is 9.78. The summed E-state index contributed by atoms with van der Waals surface area (Å²) in [4.78, 5) is 114. The standard InChI is InChI=1S/C64H84BrClN6O14/c1-36(2)45(31-43(73)18-12-13-24-62(7,8)86-59(78)39(5)35-65)58(77)70-46(20-16-26-69-60(67)79)49(74)30-42-22-23-47(56-44(42)19-15-25-68-56)71-61(80)84-52-32-53(75)72(10)48-29-41(28-38(4)55(48)66)27-37(3)17-14-21-51(82-11)64(81)33-50(83-54(76)34-64)40(6)57-63(52,9)85-57/h14-15,17,19,21-23,25,28-29,36,40,45-46,50-52,57,81H,5,12-13,16,18,20,24,26-27,30-35H2,1-4,6-11H3,(H,70,77)(H,71,80)(H3,67,69,79)/b21-14+,37-17+/t40-,45+,46+,50+,51-,52+,57+,63+,64-/m1/s1. The first-order valence-corrected chi connectivity index (χ1v) is 30.7. The molecule has 20 nitrogen and oxygen atoms in total. The number of alkyl halides is 1. The number of benzene rings is 2. The zero-order chi connectivity index (χ0) is 63.4. The van der Waals surface area contributed by atoms with Crippen LogP contribution in [0.3, 0.4) is 0 Å². The second-order valence-corrected chi connectivity index (χ2v) is 25.2. The molecule has 3 aromatic rings. The third-order valence-electron chi connectivity index (χ3n) is 16.5. The van der Waals surface area contributed by atoms with Crippen molar-refractivity contribution in [2.75, 3.05) is 36.2 Å². The van der Waals surface area contributed by atoms with Crippen LogP contribution >= 0.6 is 27.5 Å². The zero-order valence-corrected chi connectivity index (χ0v) is 53.3. The SMILES string of the molecule is C=C(CBr)C(=O)OC(C)(C)CCCCC(=O)C[C@H](C(=O)N[C@@H](CCCNC(N)=O)C(=O)Cc1ccc(NC(=O)O[C@H]2CC(=O)N(C)c3cc(cc(C)c3Cl)C/C(C)=C/C=C/[C@@H](OC)[C@]3(O)CC(=O)O[C@@H](C3)[C@@H](C)[C@@H]3O[C@@]23C)c2ncccc12)C(C)C. The number of carbonyl (C=O) groups excluding carboxylic acids is 8. The number of primary amides is 1. The lowest BCUT2D eigenvalue weighted by Gasteiger charge is -2.41. The highest BCUT2D eigenvalue weighted by Gasteiger charge is 2.64. The third kappa shape index (κ3) is 18.0. The van der Waals surface area contributed by atoms with Crippen LogP contribution in [0.4, 0.5) is 21.0 Å². The van der Waals surface area contributed by atoms with E-state index >= 15 is 0 Å². The number of unbranched alkanes of at least 4 members (excludes halogenated alkanes) is 1. The molecule has 22 heteroatoms. The molecule has 3 aliphatic rings. The van der Waals surface area contributed by atoms with Gasteiger partial charge >= 0.3 is 24.1 Å². The fourth-order valence-electron chi connectivity index (χ4n) is 11.4. The summed E-state index contributed by atoms with van der Waals surface area (Å²) in [5, 5.41) is 21.5. The number of nitrogens with one attached hydrogen (secondary N) is 3. The molecule has 0 unspecified atom stereocenters. The number of fused-ring (bicyclic) bond motifs is 6.